The summed E-state index contributed by atoms with van der Waals surface area (Å²) in [4.78, 5) is 23.4. The number of benzene rings is 1. The van der Waals surface area contributed by atoms with Gasteiger partial charge in [0.25, 0.3) is 0 Å². The van der Waals surface area contributed by atoms with E-state index in [9.17, 15) is 9.59 Å². The molecule has 0 aliphatic heterocycles. The van der Waals surface area contributed by atoms with E-state index in [-0.39, 0.29) is 13.2 Å². The number of carbonyl (C=O) groups is 2. The lowest BCUT2D eigenvalue weighted by Crippen LogP contribution is -2.05. The summed E-state index contributed by atoms with van der Waals surface area (Å²) in [6.07, 6.45) is 2.86. The molecule has 2 aromatic rings. The summed E-state index contributed by atoms with van der Waals surface area (Å²) >= 11 is 3.41. The van der Waals surface area contributed by atoms with E-state index >= 15 is 0 Å². The second-order valence-corrected chi connectivity index (χ2v) is 5.85. The van der Waals surface area contributed by atoms with Gasteiger partial charge in [-0.1, -0.05) is 0 Å². The molecule has 0 atom stereocenters. The van der Waals surface area contributed by atoms with E-state index in [1.807, 2.05) is 0 Å². The molecule has 7 heteroatoms. The Morgan fingerprint density at radius 1 is 1.20 bits per heavy atom. The lowest BCUT2D eigenvalue weighted by molar-refractivity contribution is -0.137. The van der Waals surface area contributed by atoms with Gasteiger partial charge in [-0.2, -0.15) is 0 Å². The molecule has 134 valence electrons. The maximum absolute atomic E-state index is 12.1. The van der Waals surface area contributed by atoms with Gasteiger partial charge >= 0.3 is 11.9 Å². The van der Waals surface area contributed by atoms with Gasteiger partial charge in [0.15, 0.2) is 0 Å². The number of halogens is 1. The molecule has 0 radical (unpaired) electrons. The van der Waals surface area contributed by atoms with Crippen LogP contribution in [0.3, 0.4) is 0 Å². The molecule has 0 unspecified atom stereocenters. The molecule has 25 heavy (non-hydrogen) atoms. The Bertz CT molecular complexity index is 805. The van der Waals surface area contributed by atoms with Crippen molar-refractivity contribution >= 4 is 38.8 Å². The van der Waals surface area contributed by atoms with E-state index in [0.717, 1.165) is 0 Å². The number of esters is 2. The number of aryl methyl sites for hydroxylation is 1. The lowest BCUT2D eigenvalue weighted by Gasteiger charge is -2.06. The second-order valence-electron chi connectivity index (χ2n) is 5.00. The number of furan rings is 1. The predicted molar refractivity (Wildman–Crippen MR) is 95.9 cm³/mol. The van der Waals surface area contributed by atoms with Crippen LogP contribution in [-0.2, 0) is 14.3 Å². The average molecular weight is 411 g/mol. The molecule has 0 spiro atoms. The van der Waals surface area contributed by atoms with Crippen molar-refractivity contribution < 1.29 is 28.2 Å². The molecular weight excluding hydrogens is 392 g/mol. The van der Waals surface area contributed by atoms with Gasteiger partial charge in [0.05, 0.1) is 17.7 Å². The Balaban J connectivity index is 2.23. The lowest BCUT2D eigenvalue weighted by atomic mass is 10.1. The molecule has 0 amide bonds. The molecule has 0 fully saturated rings. The number of hydrogen-bond acceptors (Lipinski definition) is 6. The molecule has 0 bridgehead atoms. The second kappa shape index (κ2) is 8.71. The van der Waals surface area contributed by atoms with Gasteiger partial charge in [-0.15, -0.1) is 0 Å². The fourth-order valence-electron chi connectivity index (χ4n) is 2.26. The van der Waals surface area contributed by atoms with Crippen LogP contribution in [0.1, 0.15) is 30.0 Å². The van der Waals surface area contributed by atoms with Gasteiger partial charge in [-0.3, -0.25) is 0 Å². The molecule has 0 saturated carbocycles. The predicted octanol–water partition coefficient (Wildman–Crippen LogP) is 4.18. The Labute approximate surface area is 153 Å². The highest BCUT2D eigenvalue weighted by molar-refractivity contribution is 9.10. The summed E-state index contributed by atoms with van der Waals surface area (Å²) in [5, 5.41) is 0.614. The van der Waals surface area contributed by atoms with Crippen molar-refractivity contribution in [3.05, 3.63) is 40.1 Å². The van der Waals surface area contributed by atoms with Crippen LogP contribution in [0.2, 0.25) is 0 Å². The number of fused-ring (bicyclic) bond motifs is 1. The monoisotopic (exact) mass is 410 g/mol. The first-order valence-electron chi connectivity index (χ1n) is 7.83. The molecule has 0 aliphatic rings. The summed E-state index contributed by atoms with van der Waals surface area (Å²) in [5.74, 6) is 0.150. The fourth-order valence-corrected chi connectivity index (χ4v) is 2.70. The van der Waals surface area contributed by atoms with E-state index < -0.39 is 11.9 Å². The zero-order chi connectivity index (χ0) is 18.4. The fraction of sp³-hybridized carbons (Fsp3) is 0.333. The van der Waals surface area contributed by atoms with Crippen LogP contribution in [0, 0.1) is 6.92 Å². The molecule has 0 N–H and O–H groups in total. The van der Waals surface area contributed by atoms with Gasteiger partial charge in [0.1, 0.15) is 29.3 Å². The zero-order valence-electron chi connectivity index (χ0n) is 14.3. The highest BCUT2D eigenvalue weighted by atomic mass is 79.9. The maximum Gasteiger partial charge on any atom is 0.342 e. The van der Waals surface area contributed by atoms with E-state index in [0.29, 0.717) is 39.1 Å². The molecular formula is C18H19BrO6. The van der Waals surface area contributed by atoms with E-state index in [1.165, 1.54) is 6.08 Å². The minimum Gasteiger partial charge on any atom is -0.488 e. The maximum atomic E-state index is 12.1. The first-order chi connectivity index (χ1) is 12.0. The Hall–Kier alpha value is -2.28. The average Bonchev–Trinajstić information content (AvgIpc) is 2.86. The van der Waals surface area contributed by atoms with Crippen molar-refractivity contribution in [3.63, 3.8) is 0 Å². The summed E-state index contributed by atoms with van der Waals surface area (Å²) in [5.41, 5.74) is 0.943. The Morgan fingerprint density at radius 2 is 1.92 bits per heavy atom. The Kier molecular flexibility index (Phi) is 6.64. The summed E-state index contributed by atoms with van der Waals surface area (Å²) in [7, 11) is 0. The van der Waals surface area contributed by atoms with Crippen molar-refractivity contribution in [2.45, 2.75) is 20.8 Å². The van der Waals surface area contributed by atoms with Gasteiger partial charge in [0, 0.05) is 11.5 Å². The smallest absolute Gasteiger partial charge is 0.342 e. The first-order valence-corrected chi connectivity index (χ1v) is 8.63. The van der Waals surface area contributed by atoms with E-state index in [4.69, 9.17) is 18.6 Å². The van der Waals surface area contributed by atoms with Crippen LogP contribution in [0.5, 0.6) is 5.75 Å². The van der Waals surface area contributed by atoms with Crippen LogP contribution in [0.4, 0.5) is 0 Å². The van der Waals surface area contributed by atoms with Crippen molar-refractivity contribution in [1.29, 1.82) is 0 Å². The third kappa shape index (κ3) is 4.63. The molecule has 1 heterocycles. The Morgan fingerprint density at radius 3 is 2.60 bits per heavy atom. The summed E-state index contributed by atoms with van der Waals surface area (Å²) in [6, 6.07) is 3.44. The minimum absolute atomic E-state index is 0.175. The molecule has 2 rings (SSSR count). The van der Waals surface area contributed by atoms with Crippen molar-refractivity contribution in [2.24, 2.45) is 0 Å². The number of carbonyl (C=O) groups excluding carboxylic acids is 2. The molecule has 1 aromatic heterocycles. The highest BCUT2D eigenvalue weighted by Gasteiger charge is 2.21. The zero-order valence-corrected chi connectivity index (χ0v) is 15.8. The minimum atomic E-state index is -0.436. The topological polar surface area (TPSA) is 75.0 Å². The first kappa shape index (κ1) is 19.1. The SMILES string of the molecule is CCOC(=O)/C=C\COc1cc2c(C(=O)OCC)c(C)oc2cc1Br. The molecule has 0 aliphatic carbocycles. The van der Waals surface area contributed by atoms with Crippen LogP contribution < -0.4 is 4.74 Å². The van der Waals surface area contributed by atoms with Crippen molar-refractivity contribution in [2.75, 3.05) is 19.8 Å². The number of ether oxygens (including phenoxy) is 3. The molecule has 6 nitrogen and oxygen atoms in total. The van der Waals surface area contributed by atoms with Crippen LogP contribution >= 0.6 is 15.9 Å². The van der Waals surface area contributed by atoms with Gasteiger partial charge in [0.2, 0.25) is 0 Å². The standard InChI is InChI=1S/C18H19BrO6/c1-4-22-16(20)7-6-8-24-15-9-12-14(10-13(15)19)25-11(3)17(12)18(21)23-5-2/h6-7,9-10H,4-5,8H2,1-3H3/b7-6-. The third-order valence-corrected chi connectivity index (χ3v) is 3.89. The van der Waals surface area contributed by atoms with Crippen molar-refractivity contribution in [3.8, 4) is 5.75 Å². The molecule has 0 saturated heterocycles. The highest BCUT2D eigenvalue weighted by Crippen LogP contribution is 2.35. The van der Waals surface area contributed by atoms with Crippen LogP contribution in [0.15, 0.2) is 33.2 Å². The van der Waals surface area contributed by atoms with E-state index in [2.05, 4.69) is 15.9 Å². The number of rotatable bonds is 7. The van der Waals surface area contributed by atoms with Crippen LogP contribution in [0.25, 0.3) is 11.0 Å². The third-order valence-electron chi connectivity index (χ3n) is 3.27. The van der Waals surface area contributed by atoms with Crippen molar-refractivity contribution in [1.82, 2.24) is 0 Å². The molecule has 1 aromatic carbocycles. The van der Waals surface area contributed by atoms with E-state index in [1.54, 1.807) is 39.0 Å². The largest absolute Gasteiger partial charge is 0.488 e. The summed E-state index contributed by atoms with van der Waals surface area (Å²) in [6.45, 7) is 5.97. The van der Waals surface area contributed by atoms with Crippen LogP contribution in [-0.4, -0.2) is 31.8 Å². The quantitative estimate of drug-likeness (QED) is 0.503. The number of hydrogen-bond donors (Lipinski definition) is 0. The van der Waals surface area contributed by atoms with Gasteiger partial charge in [-0.25, -0.2) is 9.59 Å². The normalized spacial score (nSPS) is 11.0. The summed E-state index contributed by atoms with van der Waals surface area (Å²) < 4.78 is 21.8. The van der Waals surface area contributed by atoms with Gasteiger partial charge in [-0.05, 0) is 54.9 Å². The van der Waals surface area contributed by atoms with Gasteiger partial charge < -0.3 is 18.6 Å².